The fraction of sp³-hybridized carbons (Fsp3) is 0.556. The van der Waals surface area contributed by atoms with Crippen LogP contribution in [0.25, 0.3) is 0 Å². The number of hydrogen-bond acceptors (Lipinski definition) is 2. The first-order valence-corrected chi connectivity index (χ1v) is 4.96. The SMILES string of the molecule is N=C(N)/N=C(\N)N(N)C12C=CC(CC1)C2. The van der Waals surface area contributed by atoms with Crippen LogP contribution in [0.4, 0.5) is 0 Å². The van der Waals surface area contributed by atoms with Gasteiger partial charge >= 0.3 is 0 Å². The van der Waals surface area contributed by atoms with Gasteiger partial charge in [-0.1, -0.05) is 12.2 Å². The highest BCUT2D eigenvalue weighted by Crippen LogP contribution is 2.44. The largest absolute Gasteiger partial charge is 0.368 e. The van der Waals surface area contributed by atoms with E-state index >= 15 is 0 Å². The molecular formula is C9H16N6. The highest BCUT2D eigenvalue weighted by atomic mass is 15.5. The van der Waals surface area contributed by atoms with Gasteiger partial charge in [0.1, 0.15) is 0 Å². The highest BCUT2D eigenvalue weighted by molar-refractivity contribution is 5.92. The van der Waals surface area contributed by atoms with Crippen molar-refractivity contribution in [1.29, 1.82) is 5.41 Å². The monoisotopic (exact) mass is 208 g/mol. The van der Waals surface area contributed by atoms with E-state index in [-0.39, 0.29) is 17.5 Å². The van der Waals surface area contributed by atoms with Crippen molar-refractivity contribution in [3.05, 3.63) is 12.2 Å². The van der Waals surface area contributed by atoms with Gasteiger partial charge in [-0.25, -0.2) is 5.84 Å². The van der Waals surface area contributed by atoms with Crippen LogP contribution in [0.3, 0.4) is 0 Å². The normalized spacial score (nSPS) is 33.4. The van der Waals surface area contributed by atoms with Gasteiger partial charge in [0.05, 0.1) is 5.54 Å². The Labute approximate surface area is 88.3 Å². The molecule has 0 heterocycles. The van der Waals surface area contributed by atoms with E-state index < -0.39 is 0 Å². The number of allylic oxidation sites excluding steroid dienone is 1. The van der Waals surface area contributed by atoms with Gasteiger partial charge in [-0.15, -0.1) is 0 Å². The first kappa shape index (κ1) is 9.97. The molecule has 2 bridgehead atoms. The molecule has 2 aliphatic rings. The minimum absolute atomic E-state index is 0.106. The number of fused-ring (bicyclic) bond motifs is 2. The molecule has 1 fully saturated rings. The van der Waals surface area contributed by atoms with Crippen LogP contribution in [-0.2, 0) is 0 Å². The van der Waals surface area contributed by atoms with Gasteiger partial charge in [-0.3, -0.25) is 10.4 Å². The van der Waals surface area contributed by atoms with Gasteiger partial charge in [0.15, 0.2) is 0 Å². The molecule has 6 nitrogen and oxygen atoms in total. The molecule has 1 saturated carbocycles. The molecule has 0 aromatic rings. The topological polar surface area (TPSA) is 118 Å². The number of nitrogens with one attached hydrogen (secondary N) is 1. The summed E-state index contributed by atoms with van der Waals surface area (Å²) < 4.78 is 0. The van der Waals surface area contributed by atoms with Crippen LogP contribution in [0.5, 0.6) is 0 Å². The lowest BCUT2D eigenvalue weighted by Gasteiger charge is -2.34. The molecule has 0 radical (unpaired) electrons. The molecule has 0 aromatic heterocycles. The zero-order valence-corrected chi connectivity index (χ0v) is 8.48. The van der Waals surface area contributed by atoms with E-state index in [0.717, 1.165) is 19.3 Å². The Morgan fingerprint density at radius 2 is 2.27 bits per heavy atom. The molecular weight excluding hydrogens is 192 g/mol. The zero-order chi connectivity index (χ0) is 11.1. The average molecular weight is 208 g/mol. The number of hydrazine groups is 1. The lowest BCUT2D eigenvalue weighted by molar-refractivity contribution is 0.239. The Morgan fingerprint density at radius 3 is 2.67 bits per heavy atom. The zero-order valence-electron chi connectivity index (χ0n) is 8.48. The quantitative estimate of drug-likeness (QED) is 0.152. The first-order chi connectivity index (χ1) is 7.03. The fourth-order valence-electron chi connectivity index (χ4n) is 2.43. The van der Waals surface area contributed by atoms with Gasteiger partial charge in [0.2, 0.25) is 11.9 Å². The maximum atomic E-state index is 7.03. The molecule has 2 rings (SSSR count). The second kappa shape index (κ2) is 3.23. The lowest BCUT2D eigenvalue weighted by atomic mass is 9.99. The summed E-state index contributed by atoms with van der Waals surface area (Å²) in [6, 6.07) is 0. The standard InChI is InChI=1S/C9H16N6/c10-7(11)14-8(12)15(13)9-3-1-6(5-9)2-4-9/h1,3,6H,2,4-5,13H2,(H5,10,11,12,14). The fourth-order valence-corrected chi connectivity index (χ4v) is 2.43. The molecule has 2 unspecified atom stereocenters. The van der Waals surface area contributed by atoms with Crippen molar-refractivity contribution in [1.82, 2.24) is 5.01 Å². The van der Waals surface area contributed by atoms with Crippen molar-refractivity contribution in [2.24, 2.45) is 28.2 Å². The molecule has 0 spiro atoms. The van der Waals surface area contributed by atoms with E-state index in [2.05, 4.69) is 17.1 Å². The van der Waals surface area contributed by atoms with Crippen LogP contribution in [-0.4, -0.2) is 22.5 Å². The third kappa shape index (κ3) is 1.56. The van der Waals surface area contributed by atoms with Crippen LogP contribution >= 0.6 is 0 Å². The Balaban J connectivity index is 2.18. The van der Waals surface area contributed by atoms with Crippen LogP contribution < -0.4 is 17.3 Å². The van der Waals surface area contributed by atoms with Gasteiger partial charge in [0, 0.05) is 0 Å². The maximum absolute atomic E-state index is 7.03. The average Bonchev–Trinajstić information content (AvgIpc) is 2.76. The van der Waals surface area contributed by atoms with Crippen molar-refractivity contribution in [2.45, 2.75) is 24.8 Å². The molecule has 2 atom stereocenters. The van der Waals surface area contributed by atoms with E-state index in [4.69, 9.17) is 22.7 Å². The minimum Gasteiger partial charge on any atom is -0.368 e. The van der Waals surface area contributed by atoms with Crippen LogP contribution in [0.15, 0.2) is 17.1 Å². The van der Waals surface area contributed by atoms with E-state index in [1.54, 1.807) is 0 Å². The molecule has 15 heavy (non-hydrogen) atoms. The third-order valence-corrected chi connectivity index (χ3v) is 3.20. The second-order valence-electron chi connectivity index (χ2n) is 4.19. The molecule has 0 saturated heterocycles. The Bertz CT molecular complexity index is 347. The van der Waals surface area contributed by atoms with Crippen LogP contribution in [0.1, 0.15) is 19.3 Å². The number of aliphatic imine (C=N–C) groups is 1. The van der Waals surface area contributed by atoms with E-state index in [1.165, 1.54) is 5.01 Å². The lowest BCUT2D eigenvalue weighted by Crippen LogP contribution is -2.56. The number of rotatable bonds is 1. The maximum Gasteiger partial charge on any atom is 0.215 e. The van der Waals surface area contributed by atoms with E-state index in [1.807, 2.05) is 0 Å². The van der Waals surface area contributed by atoms with Gasteiger partial charge in [-0.05, 0) is 25.2 Å². The molecule has 2 aliphatic carbocycles. The van der Waals surface area contributed by atoms with Gasteiger partial charge < -0.3 is 11.5 Å². The first-order valence-electron chi connectivity index (χ1n) is 4.96. The predicted molar refractivity (Wildman–Crippen MR) is 58.8 cm³/mol. The molecule has 82 valence electrons. The minimum atomic E-state index is -0.323. The van der Waals surface area contributed by atoms with Crippen molar-refractivity contribution in [2.75, 3.05) is 0 Å². The molecule has 0 aromatic carbocycles. The summed E-state index contributed by atoms with van der Waals surface area (Å²) in [6.07, 6.45) is 7.36. The molecule has 7 N–H and O–H groups in total. The number of nitrogens with two attached hydrogens (primary N) is 3. The Hall–Kier alpha value is -1.56. The Kier molecular flexibility index (Phi) is 2.15. The summed E-state index contributed by atoms with van der Waals surface area (Å²) >= 11 is 0. The molecule has 0 amide bonds. The smallest absolute Gasteiger partial charge is 0.215 e. The Morgan fingerprint density at radius 1 is 1.53 bits per heavy atom. The summed E-state index contributed by atoms with van der Waals surface area (Å²) in [5.41, 5.74) is 10.6. The van der Waals surface area contributed by atoms with Crippen LogP contribution in [0, 0.1) is 11.3 Å². The van der Waals surface area contributed by atoms with E-state index in [9.17, 15) is 0 Å². The third-order valence-electron chi connectivity index (χ3n) is 3.20. The summed E-state index contributed by atoms with van der Waals surface area (Å²) in [5.74, 6) is 6.31. The second-order valence-corrected chi connectivity index (χ2v) is 4.19. The van der Waals surface area contributed by atoms with Crippen molar-refractivity contribution >= 4 is 11.9 Å². The summed E-state index contributed by atoms with van der Waals surface area (Å²) in [5, 5.41) is 8.47. The van der Waals surface area contributed by atoms with Gasteiger partial charge in [0.25, 0.3) is 0 Å². The number of nitrogens with zero attached hydrogens (tertiary/aromatic N) is 2. The molecule has 6 heteroatoms. The van der Waals surface area contributed by atoms with Crippen LogP contribution in [0.2, 0.25) is 0 Å². The summed E-state index contributed by atoms with van der Waals surface area (Å²) in [7, 11) is 0. The van der Waals surface area contributed by atoms with E-state index in [0.29, 0.717) is 5.92 Å². The van der Waals surface area contributed by atoms with Gasteiger partial charge in [-0.2, -0.15) is 4.99 Å². The predicted octanol–water partition coefficient (Wildman–Crippen LogP) is -0.521. The summed E-state index contributed by atoms with van der Waals surface area (Å²) in [6.45, 7) is 0. The van der Waals surface area contributed by atoms with Crippen molar-refractivity contribution < 1.29 is 0 Å². The molecule has 0 aliphatic heterocycles. The number of guanidine groups is 2. The number of hydrogen-bond donors (Lipinski definition) is 4. The summed E-state index contributed by atoms with van der Waals surface area (Å²) in [4.78, 5) is 3.66. The van der Waals surface area contributed by atoms with Crippen molar-refractivity contribution in [3.8, 4) is 0 Å². The van der Waals surface area contributed by atoms with Crippen molar-refractivity contribution in [3.63, 3.8) is 0 Å². The highest BCUT2D eigenvalue weighted by Gasteiger charge is 2.45.